The molecule has 1 fully saturated rings. The number of aromatic nitrogens is 3. The lowest BCUT2D eigenvalue weighted by molar-refractivity contribution is 0.00572. The van der Waals surface area contributed by atoms with E-state index in [9.17, 15) is 33.6 Å². The molecule has 1 aliphatic heterocycles. The third-order valence-corrected chi connectivity index (χ3v) is 11.3. The highest BCUT2D eigenvalue weighted by molar-refractivity contribution is 8.18. The predicted octanol–water partition coefficient (Wildman–Crippen LogP) is 4.18. The number of nitrogens with zero attached hydrogens (tertiary/aromatic N) is 3. The fraction of sp³-hybridized carbons (Fsp3) is 0.333. The van der Waals surface area contributed by atoms with E-state index >= 15 is 0 Å². The van der Waals surface area contributed by atoms with Gasteiger partial charge in [-0.15, -0.1) is 5.10 Å². The molecule has 0 aliphatic carbocycles. The second-order valence-corrected chi connectivity index (χ2v) is 13.4. The average molecular weight is 588 g/mol. The van der Waals surface area contributed by atoms with Crippen molar-refractivity contribution in [2.75, 3.05) is 12.4 Å². The van der Waals surface area contributed by atoms with Gasteiger partial charge in [0.15, 0.2) is 17.5 Å². The van der Waals surface area contributed by atoms with Gasteiger partial charge in [-0.3, -0.25) is 0 Å². The van der Waals surface area contributed by atoms with E-state index in [1.165, 1.54) is 10.9 Å². The highest BCUT2D eigenvalue weighted by Gasteiger charge is 2.49. The topological polar surface area (TPSA) is 112 Å². The predicted molar refractivity (Wildman–Crippen MR) is 152 cm³/mol. The van der Waals surface area contributed by atoms with E-state index in [-0.39, 0.29) is 17.0 Å². The van der Waals surface area contributed by atoms with Gasteiger partial charge in [-0.1, -0.05) is 59.8 Å². The zero-order chi connectivity index (χ0) is 29.5. The summed E-state index contributed by atoms with van der Waals surface area (Å²) >= 11 is 0. The maximum absolute atomic E-state index is 13.8. The summed E-state index contributed by atoms with van der Waals surface area (Å²) < 4.78 is 42.3. The van der Waals surface area contributed by atoms with Crippen LogP contribution in [0.3, 0.4) is 0 Å². The highest BCUT2D eigenvalue weighted by atomic mass is 32.2. The lowest BCUT2D eigenvalue weighted by Crippen LogP contribution is -2.52. The van der Waals surface area contributed by atoms with Crippen molar-refractivity contribution >= 4 is 10.9 Å². The minimum absolute atomic E-state index is 0.0155. The van der Waals surface area contributed by atoms with Crippen molar-refractivity contribution in [2.45, 2.75) is 48.2 Å². The van der Waals surface area contributed by atoms with E-state index in [2.05, 4.69) is 10.3 Å². The van der Waals surface area contributed by atoms with Gasteiger partial charge in [0, 0.05) is 21.8 Å². The molecule has 11 heteroatoms. The summed E-state index contributed by atoms with van der Waals surface area (Å²) in [6, 6.07) is 17.9. The quantitative estimate of drug-likeness (QED) is 0.164. The molecule has 4 aromatic rings. The van der Waals surface area contributed by atoms with Gasteiger partial charge >= 0.3 is 0 Å². The van der Waals surface area contributed by atoms with Crippen LogP contribution >= 0.6 is 10.9 Å². The number of hydrogen-bond acceptors (Lipinski definition) is 6. The van der Waals surface area contributed by atoms with E-state index in [4.69, 9.17) is 0 Å². The van der Waals surface area contributed by atoms with Crippen molar-refractivity contribution < 1.29 is 33.6 Å². The molecule has 5 rings (SSSR count). The molecule has 2 heterocycles. The smallest absolute Gasteiger partial charge is 0.194 e. The number of halogens is 3. The van der Waals surface area contributed by atoms with Gasteiger partial charge in [0.1, 0.15) is 11.7 Å². The van der Waals surface area contributed by atoms with Crippen LogP contribution < -0.4 is 0 Å². The zero-order valence-corrected chi connectivity index (χ0v) is 23.3. The Bertz CT molecular complexity index is 1490. The first-order chi connectivity index (χ1) is 19.5. The Morgan fingerprint density at radius 1 is 0.976 bits per heavy atom. The van der Waals surface area contributed by atoms with Crippen molar-refractivity contribution in [3.63, 3.8) is 0 Å². The molecule has 1 unspecified atom stereocenters. The fourth-order valence-corrected chi connectivity index (χ4v) is 9.48. The van der Waals surface area contributed by atoms with Crippen molar-refractivity contribution in [2.24, 2.45) is 0 Å². The second kappa shape index (κ2) is 11.6. The van der Waals surface area contributed by atoms with Crippen LogP contribution in [0.2, 0.25) is 0 Å². The van der Waals surface area contributed by atoms with Gasteiger partial charge in [-0.2, -0.15) is 0 Å². The standard InChI is InChI=1S/C30H32F3N3O4S/c1-30(2,40)29(20-11-7-6-10-19(20)17-8-4-3-5-9-17)41-16-24(38)27(28(39)25(41)15-37)36-14-23(34-35-36)18-12-21(31)26(33)22(32)13-18/h3-14,24-25,27-29,37-41H,15-16H2,1-2H3/t24-,25+,27-,28-,29-/m0/s1. The lowest BCUT2D eigenvalue weighted by Gasteiger charge is -2.51. The van der Waals surface area contributed by atoms with Crippen LogP contribution in [-0.2, 0) is 0 Å². The molecule has 1 aromatic heterocycles. The number of aliphatic hydroxyl groups excluding tert-OH is 3. The van der Waals surface area contributed by atoms with Crippen LogP contribution in [0.4, 0.5) is 13.2 Å². The minimum atomic E-state index is -1.60. The summed E-state index contributed by atoms with van der Waals surface area (Å²) in [7, 11) is -1.42. The summed E-state index contributed by atoms with van der Waals surface area (Å²) in [6.07, 6.45) is -1.13. The van der Waals surface area contributed by atoms with E-state index in [0.29, 0.717) is 0 Å². The molecule has 0 bridgehead atoms. The number of rotatable bonds is 7. The SMILES string of the molecule is CC(C)(O)[C@H](c1ccccc1-c1ccccc1)[SH]1C[C@H](O)[C@H](n2cc(-c3cc(F)c(F)c(F)c3)nn2)[C@@H](O)[C@H]1CO. The Balaban J connectivity index is 1.51. The van der Waals surface area contributed by atoms with Gasteiger partial charge in [0.25, 0.3) is 0 Å². The third-order valence-electron chi connectivity index (χ3n) is 7.59. The molecule has 41 heavy (non-hydrogen) atoms. The average Bonchev–Trinajstić information content (AvgIpc) is 3.41. The monoisotopic (exact) mass is 587 g/mol. The number of benzene rings is 3. The maximum atomic E-state index is 13.8. The van der Waals surface area contributed by atoms with Crippen LogP contribution in [0.25, 0.3) is 22.4 Å². The highest BCUT2D eigenvalue weighted by Crippen LogP contribution is 2.58. The zero-order valence-electron chi connectivity index (χ0n) is 22.4. The van der Waals surface area contributed by atoms with E-state index in [1.807, 2.05) is 54.6 Å². The molecule has 6 atom stereocenters. The third kappa shape index (κ3) is 5.64. The number of thiol groups is 1. The molecule has 1 aliphatic rings. The van der Waals surface area contributed by atoms with E-state index in [0.717, 1.165) is 28.8 Å². The molecule has 0 amide bonds. The largest absolute Gasteiger partial charge is 0.395 e. The van der Waals surface area contributed by atoms with Crippen molar-refractivity contribution in [3.8, 4) is 22.4 Å². The molecule has 0 radical (unpaired) electrons. The van der Waals surface area contributed by atoms with E-state index < -0.39 is 69.3 Å². The van der Waals surface area contributed by atoms with Crippen LogP contribution in [0.5, 0.6) is 0 Å². The second-order valence-electron chi connectivity index (χ2n) is 10.8. The molecule has 4 N–H and O–H groups in total. The normalized spacial score (nSPS) is 24.8. The Labute approximate surface area is 238 Å². The van der Waals surface area contributed by atoms with Crippen molar-refractivity contribution in [1.82, 2.24) is 15.0 Å². The molecule has 3 aromatic carbocycles. The molecule has 0 saturated carbocycles. The fourth-order valence-electron chi connectivity index (χ4n) is 5.79. The first-order valence-corrected chi connectivity index (χ1v) is 14.8. The first-order valence-electron chi connectivity index (χ1n) is 13.2. The molecular weight excluding hydrogens is 555 g/mol. The Hall–Kier alpha value is -3.22. The summed E-state index contributed by atoms with van der Waals surface area (Å²) in [5, 5.41) is 51.6. The van der Waals surface area contributed by atoms with E-state index in [1.54, 1.807) is 13.8 Å². The Morgan fingerprint density at radius 3 is 2.24 bits per heavy atom. The Kier molecular flexibility index (Phi) is 8.27. The maximum Gasteiger partial charge on any atom is 0.194 e. The molecule has 7 nitrogen and oxygen atoms in total. The van der Waals surface area contributed by atoms with Crippen LogP contribution in [0.15, 0.2) is 72.9 Å². The summed E-state index contributed by atoms with van der Waals surface area (Å²) in [4.78, 5) is 0. The first kappa shape index (κ1) is 29.3. The van der Waals surface area contributed by atoms with Crippen LogP contribution in [-0.4, -0.2) is 70.8 Å². The molecule has 0 spiro atoms. The lowest BCUT2D eigenvalue weighted by atomic mass is 9.91. The Morgan fingerprint density at radius 2 is 1.61 bits per heavy atom. The molecule has 1 saturated heterocycles. The van der Waals surface area contributed by atoms with Crippen molar-refractivity contribution in [3.05, 3.63) is 95.9 Å². The van der Waals surface area contributed by atoms with Gasteiger partial charge < -0.3 is 20.4 Å². The van der Waals surface area contributed by atoms with Crippen LogP contribution in [0.1, 0.15) is 30.7 Å². The minimum Gasteiger partial charge on any atom is -0.395 e. The molecule has 218 valence electrons. The van der Waals surface area contributed by atoms with Gasteiger partial charge in [-0.25, -0.2) is 28.7 Å². The van der Waals surface area contributed by atoms with Crippen LogP contribution in [0, 0.1) is 17.5 Å². The summed E-state index contributed by atoms with van der Waals surface area (Å²) in [6.45, 7) is 2.96. The summed E-state index contributed by atoms with van der Waals surface area (Å²) in [5.41, 5.74) is 1.39. The van der Waals surface area contributed by atoms with Gasteiger partial charge in [-0.05, 0) is 42.7 Å². The summed E-state index contributed by atoms with van der Waals surface area (Å²) in [5.74, 6) is -4.21. The van der Waals surface area contributed by atoms with Crippen molar-refractivity contribution in [1.29, 1.82) is 0 Å². The number of aliphatic hydroxyl groups is 4. The van der Waals surface area contributed by atoms with Gasteiger partial charge in [0.05, 0.1) is 30.6 Å². The molecular formula is C30H32F3N3O4S. The number of hydrogen-bond donors (Lipinski definition) is 5. The van der Waals surface area contributed by atoms with Gasteiger partial charge in [0.2, 0.25) is 0 Å².